The fourth-order valence-corrected chi connectivity index (χ4v) is 6.83. The molecule has 3 atom stereocenters. The minimum absolute atomic E-state index is 0.0984. The van der Waals surface area contributed by atoms with Gasteiger partial charge in [0.05, 0.1) is 10.9 Å². The molecule has 1 N–H and O–H groups in total. The topological polar surface area (TPSA) is 45.2 Å². The first kappa shape index (κ1) is 15.3. The molecule has 3 fully saturated rings. The lowest BCUT2D eigenvalue weighted by molar-refractivity contribution is 0.0896. The molecule has 132 valence electrons. The maximum absolute atomic E-state index is 13.0. The van der Waals surface area contributed by atoms with Gasteiger partial charge < -0.3 is 5.32 Å². The number of hydrogen-bond donors (Lipinski definition) is 1. The van der Waals surface area contributed by atoms with Crippen LogP contribution in [-0.4, -0.2) is 40.5 Å². The third-order valence-corrected chi connectivity index (χ3v) is 8.37. The Bertz CT molecular complexity index is 1010. The molecule has 1 aliphatic carbocycles. The van der Waals surface area contributed by atoms with Crippen LogP contribution in [0.1, 0.15) is 28.9 Å². The maximum Gasteiger partial charge on any atom is 0.261 e. The summed E-state index contributed by atoms with van der Waals surface area (Å²) in [5, 5.41) is 7.55. The van der Waals surface area contributed by atoms with Crippen molar-refractivity contribution in [3.8, 4) is 10.6 Å². The normalized spacial score (nSPS) is 28.1. The first-order valence-corrected chi connectivity index (χ1v) is 10.9. The van der Waals surface area contributed by atoms with Crippen LogP contribution in [0, 0.1) is 5.92 Å². The molecule has 1 aromatic carbocycles. The average molecular weight is 382 g/mol. The van der Waals surface area contributed by atoms with Crippen LogP contribution >= 0.6 is 22.7 Å². The van der Waals surface area contributed by atoms with Gasteiger partial charge in [-0.05, 0) is 43.2 Å². The van der Waals surface area contributed by atoms with Gasteiger partial charge in [0.25, 0.3) is 5.91 Å². The zero-order valence-corrected chi connectivity index (χ0v) is 15.9. The van der Waals surface area contributed by atoms with Gasteiger partial charge in [0, 0.05) is 33.9 Å². The van der Waals surface area contributed by atoms with Crippen molar-refractivity contribution in [1.82, 2.24) is 15.2 Å². The Morgan fingerprint density at radius 3 is 3.08 bits per heavy atom. The van der Waals surface area contributed by atoms with Crippen LogP contribution in [-0.2, 0) is 0 Å². The fourth-order valence-electron chi connectivity index (χ4n) is 5.02. The Kier molecular flexibility index (Phi) is 3.17. The smallest absolute Gasteiger partial charge is 0.261 e. The molecule has 0 radical (unpaired) electrons. The summed E-state index contributed by atoms with van der Waals surface area (Å²) >= 11 is 3.24. The molecule has 2 saturated heterocycles. The summed E-state index contributed by atoms with van der Waals surface area (Å²) < 4.78 is 1.16. The van der Waals surface area contributed by atoms with Crippen molar-refractivity contribution >= 4 is 38.7 Å². The van der Waals surface area contributed by atoms with Crippen LogP contribution in [0.25, 0.3) is 20.7 Å². The van der Waals surface area contributed by atoms with E-state index in [1.54, 1.807) is 22.7 Å². The van der Waals surface area contributed by atoms with Gasteiger partial charge >= 0.3 is 0 Å². The van der Waals surface area contributed by atoms with Crippen LogP contribution in [0.2, 0.25) is 0 Å². The number of nitrogens with zero attached hydrogens (tertiary/aromatic N) is 2. The lowest BCUT2D eigenvalue weighted by Gasteiger charge is -2.33. The molecule has 2 aliphatic heterocycles. The molecule has 3 aliphatic rings. The lowest BCUT2D eigenvalue weighted by Crippen LogP contribution is -2.51. The van der Waals surface area contributed by atoms with Crippen molar-refractivity contribution in [1.29, 1.82) is 0 Å². The number of carbonyl (C=O) groups excluding carboxylic acids is 1. The number of thiazole rings is 1. The number of fused-ring (bicyclic) bond motifs is 4. The van der Waals surface area contributed by atoms with E-state index in [-0.39, 0.29) is 5.91 Å². The highest BCUT2D eigenvalue weighted by Gasteiger charge is 2.63. The summed E-state index contributed by atoms with van der Waals surface area (Å²) in [6.07, 6.45) is 5.55. The fraction of sp³-hybridized carbons (Fsp3) is 0.400. The molecule has 6 rings (SSSR count). The number of amides is 1. The van der Waals surface area contributed by atoms with Crippen LogP contribution in [0.5, 0.6) is 0 Å². The van der Waals surface area contributed by atoms with Gasteiger partial charge in [-0.3, -0.25) is 9.69 Å². The van der Waals surface area contributed by atoms with Crippen molar-refractivity contribution in [3.63, 3.8) is 0 Å². The van der Waals surface area contributed by atoms with E-state index in [2.05, 4.69) is 33.4 Å². The molecular weight excluding hydrogens is 362 g/mol. The summed E-state index contributed by atoms with van der Waals surface area (Å²) in [5.74, 6) is 0.739. The second-order valence-corrected chi connectivity index (χ2v) is 9.67. The molecule has 4 heterocycles. The highest BCUT2D eigenvalue weighted by Crippen LogP contribution is 2.55. The Labute approximate surface area is 159 Å². The van der Waals surface area contributed by atoms with Gasteiger partial charge in [0.15, 0.2) is 0 Å². The van der Waals surface area contributed by atoms with Crippen molar-refractivity contribution in [2.75, 3.05) is 13.1 Å². The standard InChI is InChI=1S/C20H19N3OS2/c24-18(22-17-13-4-8-23(11-13)20(17)5-6-20)15-10-12-2-1-3-14(16(12)26-15)19-21-7-9-25-19/h1-3,7,9-10,13,17H,4-6,8,11H2,(H,22,24)/t13?,17-/m1/s1. The molecule has 1 saturated carbocycles. The molecule has 1 spiro atoms. The molecule has 2 aromatic heterocycles. The van der Waals surface area contributed by atoms with E-state index in [0.29, 0.717) is 17.5 Å². The number of thiophene rings is 1. The summed E-state index contributed by atoms with van der Waals surface area (Å²) in [4.78, 5) is 20.9. The van der Waals surface area contributed by atoms with Crippen molar-refractivity contribution < 1.29 is 4.79 Å². The predicted octanol–water partition coefficient (Wildman–Crippen LogP) is 3.99. The summed E-state index contributed by atoms with van der Waals surface area (Å²) in [7, 11) is 0. The third-order valence-electron chi connectivity index (χ3n) is 6.38. The van der Waals surface area contributed by atoms with Crippen LogP contribution in [0.4, 0.5) is 0 Å². The molecule has 1 amide bonds. The van der Waals surface area contributed by atoms with Crippen molar-refractivity contribution in [3.05, 3.63) is 40.7 Å². The highest BCUT2D eigenvalue weighted by molar-refractivity contribution is 7.22. The summed E-state index contributed by atoms with van der Waals surface area (Å²) in [5.41, 5.74) is 1.42. The van der Waals surface area contributed by atoms with Crippen LogP contribution in [0.15, 0.2) is 35.8 Å². The van der Waals surface area contributed by atoms with E-state index in [0.717, 1.165) is 25.5 Å². The van der Waals surface area contributed by atoms with Gasteiger partial charge in [-0.25, -0.2) is 4.98 Å². The maximum atomic E-state index is 13.0. The molecule has 2 unspecified atom stereocenters. The largest absolute Gasteiger partial charge is 0.346 e. The Balaban J connectivity index is 1.33. The predicted molar refractivity (Wildman–Crippen MR) is 106 cm³/mol. The van der Waals surface area contributed by atoms with Crippen LogP contribution < -0.4 is 5.32 Å². The van der Waals surface area contributed by atoms with E-state index in [9.17, 15) is 4.79 Å². The van der Waals surface area contributed by atoms with Crippen molar-refractivity contribution in [2.45, 2.75) is 30.8 Å². The van der Waals surface area contributed by atoms with E-state index in [1.807, 2.05) is 17.6 Å². The number of nitrogens with one attached hydrogen (secondary N) is 1. The number of aromatic nitrogens is 1. The van der Waals surface area contributed by atoms with E-state index >= 15 is 0 Å². The lowest BCUT2D eigenvalue weighted by atomic mass is 9.92. The van der Waals surface area contributed by atoms with Crippen molar-refractivity contribution in [2.24, 2.45) is 5.92 Å². The first-order chi connectivity index (χ1) is 12.7. The van der Waals surface area contributed by atoms with Gasteiger partial charge in [-0.1, -0.05) is 18.2 Å². The zero-order valence-electron chi connectivity index (χ0n) is 14.3. The Morgan fingerprint density at radius 2 is 2.27 bits per heavy atom. The zero-order chi connectivity index (χ0) is 17.3. The van der Waals surface area contributed by atoms with Gasteiger partial charge in [-0.15, -0.1) is 22.7 Å². The minimum atomic E-state index is 0.0984. The molecule has 2 bridgehead atoms. The molecular formula is C20H19N3OS2. The van der Waals surface area contributed by atoms with Gasteiger partial charge in [0.2, 0.25) is 0 Å². The molecule has 26 heavy (non-hydrogen) atoms. The van der Waals surface area contributed by atoms with E-state index in [4.69, 9.17) is 0 Å². The van der Waals surface area contributed by atoms with Gasteiger partial charge in [-0.2, -0.15) is 0 Å². The number of carbonyl (C=O) groups is 1. The number of hydrogen-bond acceptors (Lipinski definition) is 5. The molecule has 3 aromatic rings. The second kappa shape index (κ2) is 5.38. The number of piperidine rings is 1. The number of rotatable bonds is 3. The molecule has 6 heteroatoms. The second-order valence-electron chi connectivity index (χ2n) is 7.72. The summed E-state index contributed by atoms with van der Waals surface area (Å²) in [6.45, 7) is 2.39. The van der Waals surface area contributed by atoms with E-state index in [1.165, 1.54) is 32.4 Å². The van der Waals surface area contributed by atoms with Crippen LogP contribution in [0.3, 0.4) is 0 Å². The third kappa shape index (κ3) is 2.09. The Hall–Kier alpha value is -1.76. The van der Waals surface area contributed by atoms with E-state index < -0.39 is 0 Å². The first-order valence-electron chi connectivity index (χ1n) is 9.23. The average Bonchev–Trinajstić information content (AvgIpc) is 3.14. The Morgan fingerprint density at radius 1 is 1.35 bits per heavy atom. The SMILES string of the molecule is O=C(N[C@@H]1C2CCN(C2)C12CC2)c1cc2cccc(-c3nccs3)c2s1. The van der Waals surface area contributed by atoms with Gasteiger partial charge in [0.1, 0.15) is 5.01 Å². The summed E-state index contributed by atoms with van der Waals surface area (Å²) in [6, 6.07) is 8.62. The highest BCUT2D eigenvalue weighted by atomic mass is 32.1. The molecule has 4 nitrogen and oxygen atoms in total. The minimum Gasteiger partial charge on any atom is -0.346 e. The quantitative estimate of drug-likeness (QED) is 0.746. The monoisotopic (exact) mass is 381 g/mol. The number of benzene rings is 1.